The van der Waals surface area contributed by atoms with Crippen molar-refractivity contribution in [2.24, 2.45) is 0 Å². The van der Waals surface area contributed by atoms with E-state index in [0.29, 0.717) is 38.6 Å². The molecule has 1 aromatic heterocycles. The lowest BCUT2D eigenvalue weighted by Gasteiger charge is -2.36. The van der Waals surface area contributed by atoms with Crippen molar-refractivity contribution in [2.75, 3.05) is 26.2 Å². The van der Waals surface area contributed by atoms with E-state index in [1.807, 2.05) is 58.7 Å². The molecule has 1 aromatic carbocycles. The van der Waals surface area contributed by atoms with Crippen molar-refractivity contribution in [2.45, 2.75) is 58.4 Å². The highest BCUT2D eigenvalue weighted by atomic mass is 16.2. The molecule has 3 amide bonds. The first-order chi connectivity index (χ1) is 15.0. The molecule has 1 aliphatic heterocycles. The van der Waals surface area contributed by atoms with Crippen LogP contribution in [0.3, 0.4) is 0 Å². The summed E-state index contributed by atoms with van der Waals surface area (Å²) in [6.45, 7) is 6.33. The van der Waals surface area contributed by atoms with Gasteiger partial charge in [-0.1, -0.05) is 37.5 Å². The first-order valence-electron chi connectivity index (χ1n) is 11.5. The predicted molar refractivity (Wildman–Crippen MR) is 120 cm³/mol. The van der Waals surface area contributed by atoms with Crippen LogP contribution in [0, 0.1) is 13.8 Å². The summed E-state index contributed by atoms with van der Waals surface area (Å²) in [5, 5.41) is 7.83. The molecule has 2 aliphatic rings. The van der Waals surface area contributed by atoms with Crippen LogP contribution in [0.2, 0.25) is 0 Å². The minimum atomic E-state index is 0.0230. The Bertz CT molecular complexity index is 910. The van der Waals surface area contributed by atoms with E-state index in [9.17, 15) is 9.59 Å². The van der Waals surface area contributed by atoms with Gasteiger partial charge in [0.1, 0.15) is 0 Å². The first kappa shape index (κ1) is 21.4. The third-order valence-corrected chi connectivity index (χ3v) is 6.62. The van der Waals surface area contributed by atoms with Crippen LogP contribution in [-0.2, 0) is 11.2 Å². The monoisotopic (exact) mass is 423 g/mol. The second kappa shape index (κ2) is 9.54. The number of hydrogen-bond donors (Lipinski definition) is 1. The van der Waals surface area contributed by atoms with Gasteiger partial charge >= 0.3 is 6.03 Å². The maximum atomic E-state index is 13.0. The van der Waals surface area contributed by atoms with Crippen molar-refractivity contribution in [3.05, 3.63) is 47.3 Å². The van der Waals surface area contributed by atoms with Gasteiger partial charge in [-0.2, -0.15) is 5.10 Å². The molecule has 31 heavy (non-hydrogen) atoms. The molecule has 0 radical (unpaired) electrons. The Morgan fingerprint density at radius 3 is 2.29 bits per heavy atom. The van der Waals surface area contributed by atoms with Gasteiger partial charge in [-0.15, -0.1) is 0 Å². The van der Waals surface area contributed by atoms with E-state index in [1.54, 1.807) is 0 Å². The van der Waals surface area contributed by atoms with Crippen molar-refractivity contribution in [1.82, 2.24) is 24.9 Å². The standard InChI is InChI=1S/C24H33N5O2/c1-18-22(19(2)29(26-18)21-11-7-4-8-12-21)17-23(30)27-13-15-28(16-14-27)24(31)25-20-9-5-3-6-10-20/h4,7-8,11-12,20H,3,5-6,9-10,13-17H2,1-2H3,(H,25,31). The Labute approximate surface area is 184 Å². The largest absolute Gasteiger partial charge is 0.339 e. The highest BCUT2D eigenvalue weighted by molar-refractivity contribution is 5.80. The summed E-state index contributed by atoms with van der Waals surface area (Å²) in [5.41, 5.74) is 3.88. The molecular weight excluding hydrogens is 390 g/mol. The molecule has 0 unspecified atom stereocenters. The Hall–Kier alpha value is -2.83. The van der Waals surface area contributed by atoms with Gasteiger partial charge in [-0.3, -0.25) is 4.79 Å². The first-order valence-corrected chi connectivity index (χ1v) is 11.5. The van der Waals surface area contributed by atoms with Crippen molar-refractivity contribution in [3.8, 4) is 5.69 Å². The van der Waals surface area contributed by atoms with Crippen molar-refractivity contribution >= 4 is 11.9 Å². The average Bonchev–Trinajstić information content (AvgIpc) is 3.08. The van der Waals surface area contributed by atoms with Crippen LogP contribution in [0.5, 0.6) is 0 Å². The average molecular weight is 424 g/mol. The van der Waals surface area contributed by atoms with Crippen molar-refractivity contribution in [3.63, 3.8) is 0 Å². The molecule has 1 saturated carbocycles. The fourth-order valence-electron chi connectivity index (χ4n) is 4.69. The molecule has 2 fully saturated rings. The number of rotatable bonds is 4. The summed E-state index contributed by atoms with van der Waals surface area (Å²) in [6, 6.07) is 10.3. The van der Waals surface area contributed by atoms with Crippen LogP contribution in [-0.4, -0.2) is 63.7 Å². The Morgan fingerprint density at radius 1 is 0.968 bits per heavy atom. The van der Waals surface area contributed by atoms with Gasteiger partial charge in [0.15, 0.2) is 0 Å². The number of nitrogens with one attached hydrogen (secondary N) is 1. The van der Waals surface area contributed by atoms with E-state index in [4.69, 9.17) is 0 Å². The number of piperazine rings is 1. The lowest BCUT2D eigenvalue weighted by Crippen LogP contribution is -2.55. The van der Waals surface area contributed by atoms with Gasteiger partial charge in [0.05, 0.1) is 17.8 Å². The number of nitrogens with zero attached hydrogens (tertiary/aromatic N) is 4. The van der Waals surface area contributed by atoms with Crippen molar-refractivity contribution < 1.29 is 9.59 Å². The van der Waals surface area contributed by atoms with E-state index < -0.39 is 0 Å². The number of urea groups is 1. The summed E-state index contributed by atoms with van der Waals surface area (Å²) < 4.78 is 1.91. The van der Waals surface area contributed by atoms with E-state index >= 15 is 0 Å². The number of para-hydroxylation sites is 1. The van der Waals surface area contributed by atoms with Crippen LogP contribution in [0.4, 0.5) is 4.79 Å². The normalized spacial score (nSPS) is 17.6. The molecular formula is C24H33N5O2. The number of carbonyl (C=O) groups excluding carboxylic acids is 2. The Kier molecular flexibility index (Phi) is 6.59. The molecule has 7 heteroatoms. The quantitative estimate of drug-likeness (QED) is 0.821. The fourth-order valence-corrected chi connectivity index (χ4v) is 4.69. The van der Waals surface area contributed by atoms with Gasteiger partial charge in [-0.05, 0) is 38.8 Å². The van der Waals surface area contributed by atoms with Crippen LogP contribution in [0.15, 0.2) is 30.3 Å². The summed E-state index contributed by atoms with van der Waals surface area (Å²) in [7, 11) is 0. The smallest absolute Gasteiger partial charge is 0.317 e. The van der Waals surface area contributed by atoms with E-state index in [-0.39, 0.29) is 11.9 Å². The number of aryl methyl sites for hydroxylation is 1. The highest BCUT2D eigenvalue weighted by Gasteiger charge is 2.27. The van der Waals surface area contributed by atoms with Gasteiger partial charge in [0, 0.05) is 43.5 Å². The molecule has 0 atom stereocenters. The summed E-state index contributed by atoms with van der Waals surface area (Å²) in [6.07, 6.45) is 6.19. The van der Waals surface area contributed by atoms with Gasteiger partial charge in [0.2, 0.25) is 5.91 Å². The Morgan fingerprint density at radius 2 is 1.61 bits per heavy atom. The van der Waals surface area contributed by atoms with Crippen LogP contribution in [0.25, 0.3) is 5.69 Å². The number of benzene rings is 1. The zero-order valence-electron chi connectivity index (χ0n) is 18.6. The predicted octanol–water partition coefficient (Wildman–Crippen LogP) is 3.22. The SMILES string of the molecule is Cc1nn(-c2ccccc2)c(C)c1CC(=O)N1CCN(C(=O)NC2CCCCC2)CC1. The maximum absolute atomic E-state index is 13.0. The lowest BCUT2D eigenvalue weighted by molar-refractivity contribution is -0.131. The van der Waals surface area contributed by atoms with Crippen LogP contribution < -0.4 is 5.32 Å². The molecule has 1 aliphatic carbocycles. The van der Waals surface area contributed by atoms with E-state index in [0.717, 1.165) is 35.5 Å². The minimum absolute atomic E-state index is 0.0230. The number of carbonyl (C=O) groups is 2. The fraction of sp³-hybridized carbons (Fsp3) is 0.542. The second-order valence-corrected chi connectivity index (χ2v) is 8.73. The maximum Gasteiger partial charge on any atom is 0.317 e. The van der Waals surface area contributed by atoms with Gasteiger partial charge in [0.25, 0.3) is 0 Å². The molecule has 4 rings (SSSR count). The Balaban J connectivity index is 1.32. The third kappa shape index (κ3) is 4.92. The lowest BCUT2D eigenvalue weighted by atomic mass is 9.96. The summed E-state index contributed by atoms with van der Waals surface area (Å²) in [5.74, 6) is 0.103. The van der Waals surface area contributed by atoms with Crippen molar-refractivity contribution in [1.29, 1.82) is 0 Å². The van der Waals surface area contributed by atoms with Gasteiger partial charge in [-0.25, -0.2) is 9.48 Å². The topological polar surface area (TPSA) is 70.5 Å². The third-order valence-electron chi connectivity index (χ3n) is 6.62. The summed E-state index contributed by atoms with van der Waals surface area (Å²) >= 11 is 0. The number of hydrogen-bond acceptors (Lipinski definition) is 3. The highest BCUT2D eigenvalue weighted by Crippen LogP contribution is 2.20. The van der Waals surface area contributed by atoms with E-state index in [2.05, 4.69) is 10.4 Å². The van der Waals surface area contributed by atoms with Gasteiger partial charge < -0.3 is 15.1 Å². The molecule has 1 N–H and O–H groups in total. The number of aromatic nitrogens is 2. The zero-order valence-corrected chi connectivity index (χ0v) is 18.6. The zero-order chi connectivity index (χ0) is 21.8. The molecule has 7 nitrogen and oxygen atoms in total. The summed E-state index contributed by atoms with van der Waals surface area (Å²) in [4.78, 5) is 29.3. The molecule has 0 bridgehead atoms. The molecule has 1 saturated heterocycles. The number of amides is 3. The second-order valence-electron chi connectivity index (χ2n) is 8.73. The molecule has 2 heterocycles. The van der Waals surface area contributed by atoms with Crippen LogP contribution >= 0.6 is 0 Å². The molecule has 2 aromatic rings. The minimum Gasteiger partial charge on any atom is -0.339 e. The molecule has 0 spiro atoms. The van der Waals surface area contributed by atoms with E-state index in [1.165, 1.54) is 19.3 Å². The molecule has 166 valence electrons. The van der Waals surface area contributed by atoms with Crippen LogP contribution in [0.1, 0.15) is 49.1 Å².